The molecule has 0 fully saturated rings. The summed E-state index contributed by atoms with van der Waals surface area (Å²) in [6.07, 6.45) is 0. The van der Waals surface area contributed by atoms with Crippen LogP contribution in [0.2, 0.25) is 0 Å². The van der Waals surface area contributed by atoms with Crippen LogP contribution in [0.25, 0.3) is 0 Å². The second-order valence-corrected chi connectivity index (χ2v) is 4.67. The van der Waals surface area contributed by atoms with Gasteiger partial charge in [-0.2, -0.15) is 0 Å². The van der Waals surface area contributed by atoms with Crippen LogP contribution in [-0.4, -0.2) is 20.3 Å². The summed E-state index contributed by atoms with van der Waals surface area (Å²) in [4.78, 5) is 0. The maximum Gasteiger partial charge on any atom is 0.127 e. The Kier molecular flexibility index (Phi) is 5.46. The Morgan fingerprint density at radius 2 is 1.57 bits per heavy atom. The fourth-order valence-corrected chi connectivity index (χ4v) is 2.10. The fraction of sp³-hybridized carbons (Fsp3) is 0.294. The molecule has 0 aromatic heterocycles. The summed E-state index contributed by atoms with van der Waals surface area (Å²) in [6, 6.07) is 15.2. The Balaban J connectivity index is 1.94. The lowest BCUT2D eigenvalue weighted by Crippen LogP contribution is -2.13. The van der Waals surface area contributed by atoms with Crippen molar-refractivity contribution in [1.29, 1.82) is 0 Å². The number of ether oxygens (including phenoxy) is 3. The van der Waals surface area contributed by atoms with Crippen LogP contribution in [0.5, 0.6) is 17.2 Å². The standard InChI is InChI=1S/C17H21NO3/c1-13(18)17-15(19-2)9-6-10-16(17)21-12-11-20-14-7-4-3-5-8-14/h3-10,13H,11-12,18H2,1-2H3/t13-/m0/s1. The van der Waals surface area contributed by atoms with Gasteiger partial charge in [0.05, 0.1) is 12.7 Å². The molecular formula is C17H21NO3. The van der Waals surface area contributed by atoms with E-state index in [0.717, 1.165) is 22.8 Å². The van der Waals surface area contributed by atoms with E-state index in [1.165, 1.54) is 0 Å². The van der Waals surface area contributed by atoms with E-state index >= 15 is 0 Å². The van der Waals surface area contributed by atoms with Crippen LogP contribution in [0.1, 0.15) is 18.5 Å². The SMILES string of the molecule is COc1cccc(OCCOc2ccccc2)c1[C@H](C)N. The molecule has 0 radical (unpaired) electrons. The zero-order valence-corrected chi connectivity index (χ0v) is 12.4. The summed E-state index contributed by atoms with van der Waals surface area (Å²) >= 11 is 0. The predicted molar refractivity (Wildman–Crippen MR) is 83.0 cm³/mol. The van der Waals surface area contributed by atoms with Gasteiger partial charge in [0.1, 0.15) is 30.5 Å². The molecule has 0 heterocycles. The number of hydrogen-bond donors (Lipinski definition) is 1. The topological polar surface area (TPSA) is 53.7 Å². The molecule has 2 aromatic carbocycles. The minimum Gasteiger partial charge on any atom is -0.496 e. The molecule has 1 atom stereocenters. The van der Waals surface area contributed by atoms with Gasteiger partial charge in [-0.3, -0.25) is 0 Å². The van der Waals surface area contributed by atoms with Crippen LogP contribution in [-0.2, 0) is 0 Å². The highest BCUT2D eigenvalue weighted by atomic mass is 16.5. The van der Waals surface area contributed by atoms with Crippen molar-refractivity contribution in [2.75, 3.05) is 20.3 Å². The van der Waals surface area contributed by atoms with Crippen molar-refractivity contribution in [1.82, 2.24) is 0 Å². The van der Waals surface area contributed by atoms with Crippen LogP contribution >= 0.6 is 0 Å². The van der Waals surface area contributed by atoms with Gasteiger partial charge >= 0.3 is 0 Å². The van der Waals surface area contributed by atoms with Gasteiger partial charge in [-0.1, -0.05) is 24.3 Å². The van der Waals surface area contributed by atoms with Crippen molar-refractivity contribution in [3.8, 4) is 17.2 Å². The van der Waals surface area contributed by atoms with Crippen molar-refractivity contribution in [2.45, 2.75) is 13.0 Å². The highest BCUT2D eigenvalue weighted by Crippen LogP contribution is 2.32. The lowest BCUT2D eigenvalue weighted by atomic mass is 10.1. The predicted octanol–water partition coefficient (Wildman–Crippen LogP) is 3.17. The van der Waals surface area contributed by atoms with Gasteiger partial charge in [0.25, 0.3) is 0 Å². The lowest BCUT2D eigenvalue weighted by Gasteiger charge is -2.17. The van der Waals surface area contributed by atoms with E-state index in [4.69, 9.17) is 19.9 Å². The van der Waals surface area contributed by atoms with Crippen LogP contribution in [0.3, 0.4) is 0 Å². The average Bonchev–Trinajstić information content (AvgIpc) is 2.52. The third-order valence-corrected chi connectivity index (χ3v) is 3.05. The largest absolute Gasteiger partial charge is 0.496 e. The maximum absolute atomic E-state index is 5.99. The van der Waals surface area contributed by atoms with Crippen molar-refractivity contribution in [3.63, 3.8) is 0 Å². The minimum atomic E-state index is -0.161. The first-order chi connectivity index (χ1) is 10.2. The molecule has 21 heavy (non-hydrogen) atoms. The smallest absolute Gasteiger partial charge is 0.127 e. The molecule has 2 aromatic rings. The second-order valence-electron chi connectivity index (χ2n) is 4.67. The Labute approximate surface area is 125 Å². The summed E-state index contributed by atoms with van der Waals surface area (Å²) < 4.78 is 16.7. The molecule has 0 bridgehead atoms. The van der Waals surface area contributed by atoms with E-state index in [-0.39, 0.29) is 6.04 Å². The fourth-order valence-electron chi connectivity index (χ4n) is 2.10. The molecule has 0 saturated carbocycles. The van der Waals surface area contributed by atoms with Crippen molar-refractivity contribution < 1.29 is 14.2 Å². The van der Waals surface area contributed by atoms with Crippen LogP contribution in [0.15, 0.2) is 48.5 Å². The molecular weight excluding hydrogens is 266 g/mol. The number of methoxy groups -OCH3 is 1. The zero-order chi connectivity index (χ0) is 15.1. The van der Waals surface area contributed by atoms with Crippen molar-refractivity contribution in [2.24, 2.45) is 5.73 Å². The van der Waals surface area contributed by atoms with E-state index in [0.29, 0.717) is 13.2 Å². The number of rotatable bonds is 7. The molecule has 4 heteroatoms. The van der Waals surface area contributed by atoms with Gasteiger partial charge in [-0.25, -0.2) is 0 Å². The maximum atomic E-state index is 5.99. The van der Waals surface area contributed by atoms with Gasteiger partial charge in [-0.05, 0) is 31.2 Å². The highest BCUT2D eigenvalue weighted by molar-refractivity contribution is 5.46. The molecule has 0 aliphatic carbocycles. The average molecular weight is 287 g/mol. The molecule has 0 unspecified atom stereocenters. The van der Waals surface area contributed by atoms with Gasteiger partial charge in [-0.15, -0.1) is 0 Å². The number of hydrogen-bond acceptors (Lipinski definition) is 4. The Morgan fingerprint density at radius 1 is 0.905 bits per heavy atom. The molecule has 112 valence electrons. The molecule has 0 amide bonds. The van der Waals surface area contributed by atoms with Crippen LogP contribution in [0, 0.1) is 0 Å². The molecule has 0 aliphatic rings. The van der Waals surface area contributed by atoms with E-state index in [9.17, 15) is 0 Å². The summed E-state index contributed by atoms with van der Waals surface area (Å²) in [5.74, 6) is 2.31. The Hall–Kier alpha value is -2.20. The third kappa shape index (κ3) is 4.13. The van der Waals surface area contributed by atoms with Gasteiger partial charge in [0.2, 0.25) is 0 Å². The first-order valence-corrected chi connectivity index (χ1v) is 6.95. The second kappa shape index (κ2) is 7.55. The van der Waals surface area contributed by atoms with E-state index in [1.807, 2.05) is 55.5 Å². The zero-order valence-electron chi connectivity index (χ0n) is 12.4. The van der Waals surface area contributed by atoms with Crippen LogP contribution < -0.4 is 19.9 Å². The first kappa shape index (κ1) is 15.2. The van der Waals surface area contributed by atoms with Crippen molar-refractivity contribution in [3.05, 3.63) is 54.1 Å². The number of para-hydroxylation sites is 1. The molecule has 0 saturated heterocycles. The molecule has 0 aliphatic heterocycles. The third-order valence-electron chi connectivity index (χ3n) is 3.05. The quantitative estimate of drug-likeness (QED) is 0.795. The lowest BCUT2D eigenvalue weighted by molar-refractivity contribution is 0.214. The molecule has 0 spiro atoms. The van der Waals surface area contributed by atoms with E-state index in [2.05, 4.69) is 0 Å². The summed E-state index contributed by atoms with van der Waals surface area (Å²) in [5, 5.41) is 0. The number of nitrogens with two attached hydrogens (primary N) is 1. The monoisotopic (exact) mass is 287 g/mol. The Bertz CT molecular complexity index is 555. The van der Waals surface area contributed by atoms with E-state index < -0.39 is 0 Å². The van der Waals surface area contributed by atoms with Crippen molar-refractivity contribution >= 4 is 0 Å². The van der Waals surface area contributed by atoms with Gasteiger partial charge in [0, 0.05) is 6.04 Å². The van der Waals surface area contributed by atoms with E-state index in [1.54, 1.807) is 7.11 Å². The summed E-state index contributed by atoms with van der Waals surface area (Å²) in [7, 11) is 1.63. The molecule has 2 N–H and O–H groups in total. The highest BCUT2D eigenvalue weighted by Gasteiger charge is 2.14. The molecule has 2 rings (SSSR count). The Morgan fingerprint density at radius 3 is 2.24 bits per heavy atom. The van der Waals surface area contributed by atoms with Crippen LogP contribution in [0.4, 0.5) is 0 Å². The molecule has 4 nitrogen and oxygen atoms in total. The minimum absolute atomic E-state index is 0.161. The number of benzene rings is 2. The normalized spacial score (nSPS) is 11.8. The summed E-state index contributed by atoms with van der Waals surface area (Å²) in [5.41, 5.74) is 6.87. The van der Waals surface area contributed by atoms with Gasteiger partial charge < -0.3 is 19.9 Å². The summed E-state index contributed by atoms with van der Waals surface area (Å²) in [6.45, 7) is 2.83. The first-order valence-electron chi connectivity index (χ1n) is 6.95. The van der Waals surface area contributed by atoms with Gasteiger partial charge in [0.15, 0.2) is 0 Å².